The minimum Gasteiger partial charge on any atom is -0.478 e. The second-order valence-electron chi connectivity index (χ2n) is 13.4. The number of benzene rings is 1. The number of fused-ring (bicyclic) bond motifs is 6. The molecule has 0 spiro atoms. The van der Waals surface area contributed by atoms with Gasteiger partial charge in [-0.25, -0.2) is 18.7 Å². The molecule has 4 aliphatic carbocycles. The topological polar surface area (TPSA) is 139 Å². The molecule has 9 nitrogen and oxygen atoms in total. The molecule has 0 bridgehead atoms. The minimum atomic E-state index is -2.00. The number of carbonyl (C=O) groups is 2. The zero-order chi connectivity index (χ0) is 31.0. The molecule has 1 aromatic carbocycles. The summed E-state index contributed by atoms with van der Waals surface area (Å²) in [6.07, 6.45) is 6.99. The summed E-state index contributed by atoms with van der Waals surface area (Å²) in [7, 11) is 0. The average Bonchev–Trinajstić information content (AvgIpc) is 3.71. The SMILES string of the molecule is C[C@]12Cc3cnn(-c4ccc(F)cc4)c3C=C1CC[C@@H]1[C@@H]2[C@@H](O)C[C@@]2(C)[C@H]1CC(CC#N)[C@]2(OC(=O)c1ccco1)C(=O)O. The van der Waals surface area contributed by atoms with E-state index in [1.807, 2.05) is 17.8 Å². The Bertz CT molecular complexity index is 1710. The molecule has 0 amide bonds. The van der Waals surface area contributed by atoms with Crippen LogP contribution >= 0.6 is 0 Å². The highest BCUT2D eigenvalue weighted by atomic mass is 19.1. The number of nitrogens with zero attached hydrogens (tertiary/aromatic N) is 3. The number of nitriles is 1. The second kappa shape index (κ2) is 9.89. The molecule has 2 heterocycles. The van der Waals surface area contributed by atoms with Crippen LogP contribution < -0.4 is 0 Å². The number of aliphatic hydroxyl groups is 1. The zero-order valence-corrected chi connectivity index (χ0v) is 24.6. The highest BCUT2D eigenvalue weighted by molar-refractivity contribution is 5.91. The number of hydrogen-bond acceptors (Lipinski definition) is 7. The third kappa shape index (κ3) is 3.81. The quantitative estimate of drug-likeness (QED) is 0.363. The number of carboxylic acid groups (broad SMARTS) is 1. The molecule has 0 radical (unpaired) electrons. The Morgan fingerprint density at radius 2 is 2.02 bits per heavy atom. The lowest BCUT2D eigenvalue weighted by molar-refractivity contribution is -0.200. The van der Waals surface area contributed by atoms with Crippen molar-refractivity contribution in [2.45, 2.75) is 64.1 Å². The standard InChI is InChI=1S/C34H34FN3O6/c1-32-16-19-18-37-38(23-8-6-22(35)7-9-23)26(19)15-20(32)5-10-24-25-14-21(11-12-36)34(31(41)42,33(25,2)17-27(39)29(24)32)44-30(40)28-4-3-13-43-28/h3-4,6-9,13,15,18,21,24-25,27,29,39H,5,10-11,14,16-17H2,1-2H3,(H,41,42)/t21?,24-,25-,27-,29+,32-,33-,34-/m0/s1. The van der Waals surface area contributed by atoms with Crippen molar-refractivity contribution in [3.8, 4) is 11.8 Å². The van der Waals surface area contributed by atoms with Crippen molar-refractivity contribution in [1.82, 2.24) is 9.78 Å². The van der Waals surface area contributed by atoms with E-state index in [1.54, 1.807) is 12.1 Å². The van der Waals surface area contributed by atoms with E-state index in [0.29, 0.717) is 12.8 Å². The first-order chi connectivity index (χ1) is 21.0. The molecule has 3 saturated carbocycles. The van der Waals surface area contributed by atoms with Gasteiger partial charge in [0.1, 0.15) is 5.82 Å². The Balaban J connectivity index is 1.26. The number of halogens is 1. The molecular weight excluding hydrogens is 565 g/mol. The predicted octanol–water partition coefficient (Wildman–Crippen LogP) is 5.58. The number of aromatic nitrogens is 2. The van der Waals surface area contributed by atoms with E-state index in [-0.39, 0.29) is 42.2 Å². The van der Waals surface area contributed by atoms with Crippen LogP contribution in [0.25, 0.3) is 11.8 Å². The minimum absolute atomic E-state index is 0.0515. The number of aliphatic hydroxyl groups excluding tert-OH is 1. The van der Waals surface area contributed by atoms with E-state index >= 15 is 0 Å². The molecule has 2 N–H and O–H groups in total. The highest BCUT2D eigenvalue weighted by Crippen LogP contribution is 2.70. The monoisotopic (exact) mass is 599 g/mol. The smallest absolute Gasteiger partial charge is 0.375 e. The van der Waals surface area contributed by atoms with Crippen molar-refractivity contribution >= 4 is 18.0 Å². The number of carboxylic acids is 1. The summed E-state index contributed by atoms with van der Waals surface area (Å²) in [5.41, 5.74) is 0.420. The van der Waals surface area contributed by atoms with Crippen molar-refractivity contribution in [1.29, 1.82) is 5.26 Å². The first-order valence-corrected chi connectivity index (χ1v) is 15.1. The first-order valence-electron chi connectivity index (χ1n) is 15.1. The van der Waals surface area contributed by atoms with Crippen LogP contribution in [0.5, 0.6) is 0 Å². The maximum Gasteiger partial charge on any atom is 0.375 e. The number of hydrogen-bond donors (Lipinski definition) is 2. The molecule has 7 rings (SSSR count). The normalized spacial score (nSPS) is 35.3. The maximum atomic E-state index is 13.6. The number of ether oxygens (including phenoxy) is 1. The van der Waals surface area contributed by atoms with Crippen LogP contribution in [0.2, 0.25) is 0 Å². The zero-order valence-electron chi connectivity index (χ0n) is 24.6. The van der Waals surface area contributed by atoms with Crippen LogP contribution in [-0.2, 0) is 16.0 Å². The number of allylic oxidation sites excluding steroid dienone is 1. The Kier molecular flexibility index (Phi) is 6.42. The summed E-state index contributed by atoms with van der Waals surface area (Å²) in [4.78, 5) is 26.5. The van der Waals surface area contributed by atoms with E-state index in [0.717, 1.165) is 29.8 Å². The maximum absolute atomic E-state index is 13.6. The molecule has 44 heavy (non-hydrogen) atoms. The van der Waals surface area contributed by atoms with Gasteiger partial charge in [0.2, 0.25) is 11.4 Å². The summed E-state index contributed by atoms with van der Waals surface area (Å²) >= 11 is 0. The van der Waals surface area contributed by atoms with Gasteiger partial charge in [0, 0.05) is 17.8 Å². The lowest BCUT2D eigenvalue weighted by Crippen LogP contribution is -2.64. The van der Waals surface area contributed by atoms with Crippen LogP contribution in [0.15, 0.2) is 58.8 Å². The Morgan fingerprint density at radius 3 is 2.70 bits per heavy atom. The summed E-state index contributed by atoms with van der Waals surface area (Å²) in [5, 5.41) is 37.2. The number of rotatable bonds is 5. The highest BCUT2D eigenvalue weighted by Gasteiger charge is 2.74. The second-order valence-corrected chi connectivity index (χ2v) is 13.4. The van der Waals surface area contributed by atoms with Gasteiger partial charge in [-0.2, -0.15) is 10.4 Å². The van der Waals surface area contributed by atoms with Crippen LogP contribution in [0.3, 0.4) is 0 Å². The van der Waals surface area contributed by atoms with Gasteiger partial charge in [-0.15, -0.1) is 0 Å². The number of furan rings is 1. The molecular formula is C34H34FN3O6. The molecule has 1 unspecified atom stereocenters. The molecule has 8 atom stereocenters. The largest absolute Gasteiger partial charge is 0.478 e. The van der Waals surface area contributed by atoms with Gasteiger partial charge in [-0.05, 0) is 103 Å². The van der Waals surface area contributed by atoms with Gasteiger partial charge in [0.25, 0.3) is 0 Å². The summed E-state index contributed by atoms with van der Waals surface area (Å²) in [6.45, 7) is 4.00. The molecule has 3 aromatic rings. The van der Waals surface area contributed by atoms with Gasteiger partial charge in [-0.1, -0.05) is 19.4 Å². The first kappa shape index (κ1) is 28.5. The Hall–Kier alpha value is -4.23. The summed E-state index contributed by atoms with van der Waals surface area (Å²) < 4.78 is 26.6. The Labute approximate surface area is 253 Å². The fraction of sp³-hybridized carbons (Fsp3) is 0.471. The fourth-order valence-electron chi connectivity index (χ4n) is 9.71. The number of carbonyl (C=O) groups excluding carboxylic acids is 1. The van der Waals surface area contributed by atoms with Crippen molar-refractivity contribution in [2.75, 3.05) is 0 Å². The van der Waals surface area contributed by atoms with Crippen molar-refractivity contribution < 1.29 is 33.3 Å². The van der Waals surface area contributed by atoms with Crippen molar-refractivity contribution in [3.63, 3.8) is 0 Å². The number of aliphatic carboxylic acids is 1. The molecule has 10 heteroatoms. The third-order valence-corrected chi connectivity index (χ3v) is 11.5. The third-order valence-electron chi connectivity index (χ3n) is 11.5. The molecule has 3 fully saturated rings. The van der Waals surface area contributed by atoms with Crippen LogP contribution in [-0.4, -0.2) is 43.6 Å². The lowest BCUT2D eigenvalue weighted by atomic mass is 9.45. The van der Waals surface area contributed by atoms with Crippen molar-refractivity contribution in [3.05, 3.63) is 77.3 Å². The summed E-state index contributed by atoms with van der Waals surface area (Å²) in [6, 6.07) is 11.3. The van der Waals surface area contributed by atoms with E-state index in [4.69, 9.17) is 9.15 Å². The van der Waals surface area contributed by atoms with Gasteiger partial charge in [0.15, 0.2) is 0 Å². The molecule has 0 aliphatic heterocycles. The fourth-order valence-corrected chi connectivity index (χ4v) is 9.71. The van der Waals surface area contributed by atoms with Crippen molar-refractivity contribution in [2.24, 2.45) is 34.5 Å². The van der Waals surface area contributed by atoms with Gasteiger partial charge in [0.05, 0.1) is 36.0 Å². The molecule has 4 aliphatic rings. The van der Waals surface area contributed by atoms with Crippen LogP contribution in [0, 0.1) is 51.6 Å². The van der Waals surface area contributed by atoms with E-state index < -0.39 is 40.4 Å². The van der Waals surface area contributed by atoms with Crippen LogP contribution in [0.1, 0.15) is 67.8 Å². The van der Waals surface area contributed by atoms with Gasteiger partial charge in [-0.3, -0.25) is 0 Å². The molecule has 228 valence electrons. The van der Waals surface area contributed by atoms with E-state index in [9.17, 15) is 29.5 Å². The van der Waals surface area contributed by atoms with Gasteiger partial charge >= 0.3 is 11.9 Å². The number of esters is 1. The van der Waals surface area contributed by atoms with Crippen LogP contribution in [0.4, 0.5) is 4.39 Å². The predicted molar refractivity (Wildman–Crippen MR) is 155 cm³/mol. The summed E-state index contributed by atoms with van der Waals surface area (Å²) in [5.74, 6) is -3.78. The Morgan fingerprint density at radius 1 is 1.25 bits per heavy atom. The average molecular weight is 600 g/mol. The molecule has 2 aromatic heterocycles. The molecule has 0 saturated heterocycles. The van der Waals surface area contributed by atoms with E-state index in [2.05, 4.69) is 24.2 Å². The lowest BCUT2D eigenvalue weighted by Gasteiger charge is -2.60. The van der Waals surface area contributed by atoms with Gasteiger partial charge < -0.3 is 19.4 Å². The van der Waals surface area contributed by atoms with E-state index in [1.165, 1.54) is 36.1 Å².